The molecule has 0 aliphatic rings. The lowest BCUT2D eigenvalue weighted by molar-refractivity contribution is 0.0965. The minimum absolute atomic E-state index is 0.192. The van der Waals surface area contributed by atoms with Crippen LogP contribution in [0.1, 0.15) is 17.3 Å². The van der Waals surface area contributed by atoms with Crippen molar-refractivity contribution in [3.05, 3.63) is 29.8 Å². The summed E-state index contributed by atoms with van der Waals surface area (Å²) in [5.41, 5.74) is 0.475. The minimum atomic E-state index is -0.298. The number of hydrogen-bond acceptors (Lipinski definition) is 5. The number of amides is 1. The first-order valence-corrected chi connectivity index (χ1v) is 6.32. The quantitative estimate of drug-likeness (QED) is 0.486. The van der Waals surface area contributed by atoms with Gasteiger partial charge in [0.05, 0.1) is 26.9 Å². The summed E-state index contributed by atoms with van der Waals surface area (Å²) in [5.74, 6) is 0.320. The lowest BCUT2D eigenvalue weighted by atomic mass is 10.2. The molecule has 0 unspecified atom stereocenters. The molecule has 0 heterocycles. The molecule has 0 spiro atoms. The molecule has 110 valence electrons. The Hall–Kier alpha value is -2.08. The highest BCUT2D eigenvalue weighted by atomic mass is 16.5. The third-order valence-corrected chi connectivity index (χ3v) is 2.38. The molecule has 0 saturated carbocycles. The number of benzene rings is 1. The summed E-state index contributed by atoms with van der Waals surface area (Å²) in [5, 5.41) is 2.62. The Kier molecular flexibility index (Phi) is 7.13. The number of nitrogens with one attached hydrogen (secondary N) is 1. The van der Waals surface area contributed by atoms with Gasteiger partial charge in [-0.15, -0.1) is 0 Å². The van der Waals surface area contributed by atoms with Gasteiger partial charge in [-0.3, -0.25) is 10.1 Å². The van der Waals surface area contributed by atoms with Gasteiger partial charge in [-0.05, 0) is 25.1 Å². The largest absolute Gasteiger partial charge is 0.497 e. The van der Waals surface area contributed by atoms with E-state index in [1.165, 1.54) is 0 Å². The van der Waals surface area contributed by atoms with E-state index in [1.54, 1.807) is 38.5 Å². The second-order valence-corrected chi connectivity index (χ2v) is 3.80. The number of amidine groups is 1. The van der Waals surface area contributed by atoms with Crippen molar-refractivity contribution in [3.63, 3.8) is 0 Å². The first-order chi connectivity index (χ1) is 9.71. The molecule has 0 saturated heterocycles. The maximum atomic E-state index is 12.1. The summed E-state index contributed by atoms with van der Waals surface area (Å²) >= 11 is 0. The zero-order valence-corrected chi connectivity index (χ0v) is 12.0. The van der Waals surface area contributed by atoms with E-state index >= 15 is 0 Å². The Balaban J connectivity index is 2.71. The highest BCUT2D eigenvalue weighted by molar-refractivity contribution is 6.04. The fraction of sp³-hybridized carbons (Fsp3) is 0.429. The number of carbonyl (C=O) groups excluding carboxylic acids is 1. The van der Waals surface area contributed by atoms with Gasteiger partial charge in [0.25, 0.3) is 11.9 Å². The number of methoxy groups -OCH3 is 2. The molecule has 1 aromatic carbocycles. The minimum Gasteiger partial charge on any atom is -0.497 e. The smallest absolute Gasteiger partial charge is 0.291 e. The molecule has 0 aliphatic carbocycles. The standard InChI is InChI=1S/C14H20N2O4/c1-4-20-14(15-8-9-18-2)16-13(17)11-6-5-7-12(10-11)19-3/h5-7,10H,4,8-9H2,1-3H3,(H,15,16,17). The normalized spacial score (nSPS) is 11.1. The van der Waals surface area contributed by atoms with Crippen LogP contribution in [0.3, 0.4) is 0 Å². The number of hydrogen-bond donors (Lipinski definition) is 1. The zero-order chi connectivity index (χ0) is 14.8. The van der Waals surface area contributed by atoms with Gasteiger partial charge in [0.15, 0.2) is 0 Å². The van der Waals surface area contributed by atoms with Crippen LogP contribution in [0.25, 0.3) is 0 Å². The Labute approximate surface area is 118 Å². The van der Waals surface area contributed by atoms with Gasteiger partial charge >= 0.3 is 0 Å². The van der Waals surface area contributed by atoms with Gasteiger partial charge in [0.1, 0.15) is 5.75 Å². The van der Waals surface area contributed by atoms with Crippen LogP contribution in [0, 0.1) is 0 Å². The van der Waals surface area contributed by atoms with E-state index in [1.807, 2.05) is 6.92 Å². The Morgan fingerprint density at radius 1 is 1.35 bits per heavy atom. The first-order valence-electron chi connectivity index (χ1n) is 6.32. The lowest BCUT2D eigenvalue weighted by Gasteiger charge is -2.09. The molecule has 1 rings (SSSR count). The molecule has 0 aliphatic heterocycles. The lowest BCUT2D eigenvalue weighted by Crippen LogP contribution is -2.33. The summed E-state index contributed by atoms with van der Waals surface area (Å²) in [7, 11) is 3.14. The highest BCUT2D eigenvalue weighted by Gasteiger charge is 2.10. The van der Waals surface area contributed by atoms with Crippen molar-refractivity contribution >= 4 is 11.9 Å². The highest BCUT2D eigenvalue weighted by Crippen LogP contribution is 2.12. The fourth-order valence-corrected chi connectivity index (χ4v) is 1.43. The Morgan fingerprint density at radius 2 is 2.15 bits per heavy atom. The molecule has 1 amide bonds. The predicted molar refractivity (Wildman–Crippen MR) is 76.3 cm³/mol. The number of rotatable bonds is 6. The summed E-state index contributed by atoms with van der Waals surface area (Å²) < 4.78 is 15.2. The number of carbonyl (C=O) groups is 1. The van der Waals surface area contributed by atoms with E-state index in [0.717, 1.165) is 0 Å². The molecule has 0 radical (unpaired) electrons. The van der Waals surface area contributed by atoms with Crippen LogP contribution in [0.5, 0.6) is 5.75 Å². The maximum Gasteiger partial charge on any atom is 0.291 e. The molecule has 0 fully saturated rings. The van der Waals surface area contributed by atoms with Crippen molar-refractivity contribution in [2.45, 2.75) is 6.92 Å². The van der Waals surface area contributed by atoms with E-state index < -0.39 is 0 Å². The van der Waals surface area contributed by atoms with Crippen molar-refractivity contribution in [1.29, 1.82) is 0 Å². The molecule has 20 heavy (non-hydrogen) atoms. The van der Waals surface area contributed by atoms with E-state index in [9.17, 15) is 4.79 Å². The van der Waals surface area contributed by atoms with E-state index in [4.69, 9.17) is 14.2 Å². The van der Waals surface area contributed by atoms with Gasteiger partial charge in [0.2, 0.25) is 0 Å². The summed E-state index contributed by atoms with van der Waals surface area (Å²) in [4.78, 5) is 16.2. The second kappa shape index (κ2) is 8.92. The summed E-state index contributed by atoms with van der Waals surface area (Å²) in [6.07, 6.45) is 0. The molecule has 0 atom stereocenters. The number of ether oxygens (including phenoxy) is 3. The molecule has 0 bridgehead atoms. The Bertz CT molecular complexity index is 460. The number of aliphatic imine (C=N–C) groups is 1. The predicted octanol–water partition coefficient (Wildman–Crippen LogP) is 1.46. The molecule has 1 N–H and O–H groups in total. The fourth-order valence-electron chi connectivity index (χ4n) is 1.43. The van der Waals surface area contributed by atoms with Gasteiger partial charge in [0, 0.05) is 12.7 Å². The topological polar surface area (TPSA) is 69.2 Å². The molecular weight excluding hydrogens is 260 g/mol. The van der Waals surface area contributed by atoms with Crippen LogP contribution < -0.4 is 10.1 Å². The SMILES string of the molecule is CCOC(=NCCOC)NC(=O)c1cccc(OC)c1. The second-order valence-electron chi connectivity index (χ2n) is 3.80. The average Bonchev–Trinajstić information content (AvgIpc) is 2.47. The molecule has 6 heteroatoms. The van der Waals surface area contributed by atoms with Crippen LogP contribution in [0.4, 0.5) is 0 Å². The third-order valence-electron chi connectivity index (χ3n) is 2.38. The van der Waals surface area contributed by atoms with Crippen LogP contribution >= 0.6 is 0 Å². The summed E-state index contributed by atoms with van der Waals surface area (Å²) in [6.45, 7) is 3.13. The molecular formula is C14H20N2O4. The van der Waals surface area contributed by atoms with E-state index in [0.29, 0.717) is 31.1 Å². The monoisotopic (exact) mass is 280 g/mol. The van der Waals surface area contributed by atoms with Crippen molar-refractivity contribution in [2.24, 2.45) is 4.99 Å². The van der Waals surface area contributed by atoms with E-state index in [2.05, 4.69) is 10.3 Å². The van der Waals surface area contributed by atoms with Gasteiger partial charge in [-0.25, -0.2) is 4.99 Å². The summed E-state index contributed by atoms with van der Waals surface area (Å²) in [6, 6.07) is 7.05. The Morgan fingerprint density at radius 3 is 2.80 bits per heavy atom. The van der Waals surface area contributed by atoms with Crippen LogP contribution in [0.2, 0.25) is 0 Å². The number of nitrogens with zero attached hydrogens (tertiary/aromatic N) is 1. The van der Waals surface area contributed by atoms with Gasteiger partial charge in [-0.2, -0.15) is 0 Å². The zero-order valence-electron chi connectivity index (χ0n) is 12.0. The van der Waals surface area contributed by atoms with Gasteiger partial charge < -0.3 is 14.2 Å². The molecule has 6 nitrogen and oxygen atoms in total. The van der Waals surface area contributed by atoms with Crippen molar-refractivity contribution < 1.29 is 19.0 Å². The molecule has 0 aromatic heterocycles. The first kappa shape index (κ1) is 16.0. The van der Waals surface area contributed by atoms with Crippen molar-refractivity contribution in [3.8, 4) is 5.75 Å². The van der Waals surface area contributed by atoms with Crippen LogP contribution in [-0.2, 0) is 9.47 Å². The van der Waals surface area contributed by atoms with E-state index in [-0.39, 0.29) is 11.9 Å². The van der Waals surface area contributed by atoms with Crippen LogP contribution in [0.15, 0.2) is 29.3 Å². The van der Waals surface area contributed by atoms with Crippen molar-refractivity contribution in [2.75, 3.05) is 34.0 Å². The van der Waals surface area contributed by atoms with Crippen molar-refractivity contribution in [1.82, 2.24) is 5.32 Å². The third kappa shape index (κ3) is 5.27. The molecule has 1 aromatic rings. The van der Waals surface area contributed by atoms with Gasteiger partial charge in [-0.1, -0.05) is 6.07 Å². The average molecular weight is 280 g/mol. The van der Waals surface area contributed by atoms with Crippen LogP contribution in [-0.4, -0.2) is 45.9 Å². The maximum absolute atomic E-state index is 12.1.